The largest absolute Gasteiger partial charge is 0.449 e. The zero-order valence-electron chi connectivity index (χ0n) is 6.07. The van der Waals surface area contributed by atoms with E-state index in [0.717, 1.165) is 0 Å². The van der Waals surface area contributed by atoms with E-state index in [9.17, 15) is 18.0 Å². The number of nitrogens with one attached hydrogen (secondary N) is 1. The average Bonchev–Trinajstić information content (AvgIpc) is 2.29. The van der Waals surface area contributed by atoms with Gasteiger partial charge in [-0.15, -0.1) is 0 Å². The Balaban J connectivity index is 3.13. The maximum atomic E-state index is 11.9. The van der Waals surface area contributed by atoms with Crippen LogP contribution >= 0.6 is 0 Å². The Morgan fingerprint density at radius 3 is 2.33 bits per heavy atom. The van der Waals surface area contributed by atoms with Crippen LogP contribution in [0.4, 0.5) is 13.2 Å². The lowest BCUT2D eigenvalue weighted by atomic mass is 10.4. The first-order valence-electron chi connectivity index (χ1n) is 3.04. The van der Waals surface area contributed by atoms with Crippen LogP contribution < -0.4 is 0 Å². The number of halogens is 3. The third-order valence-electron chi connectivity index (χ3n) is 1.30. The van der Waals surface area contributed by atoms with Crippen molar-refractivity contribution in [3.8, 4) is 0 Å². The summed E-state index contributed by atoms with van der Waals surface area (Å²) in [7, 11) is 0. The standard InChI is InChI=1S/C6H5F3N2O/c1-3-4(2-12)11-5(10-3)6(7,8)9/h2H,1H3,(H,10,11). The number of nitrogens with zero attached hydrogens (tertiary/aromatic N) is 1. The number of hydrogen-bond donors (Lipinski definition) is 1. The van der Waals surface area contributed by atoms with E-state index in [1.165, 1.54) is 6.92 Å². The molecular formula is C6H5F3N2O. The van der Waals surface area contributed by atoms with Crippen molar-refractivity contribution in [2.24, 2.45) is 0 Å². The summed E-state index contributed by atoms with van der Waals surface area (Å²) >= 11 is 0. The number of rotatable bonds is 1. The summed E-state index contributed by atoms with van der Waals surface area (Å²) < 4.78 is 35.7. The monoisotopic (exact) mass is 178 g/mol. The van der Waals surface area contributed by atoms with Gasteiger partial charge in [0.2, 0.25) is 5.82 Å². The molecule has 0 saturated carbocycles. The molecule has 1 N–H and O–H groups in total. The van der Waals surface area contributed by atoms with E-state index < -0.39 is 12.0 Å². The minimum absolute atomic E-state index is 0.123. The van der Waals surface area contributed by atoms with Gasteiger partial charge in [0.05, 0.1) is 0 Å². The smallest absolute Gasteiger partial charge is 0.338 e. The van der Waals surface area contributed by atoms with Crippen molar-refractivity contribution >= 4 is 6.29 Å². The van der Waals surface area contributed by atoms with Crippen molar-refractivity contribution in [2.45, 2.75) is 13.1 Å². The SMILES string of the molecule is Cc1[nH]c(C(F)(F)F)nc1C=O. The molecule has 12 heavy (non-hydrogen) atoms. The number of aromatic amines is 1. The number of alkyl halides is 3. The lowest BCUT2D eigenvalue weighted by molar-refractivity contribution is -0.144. The number of H-pyrrole nitrogens is 1. The van der Waals surface area contributed by atoms with Crippen molar-refractivity contribution in [1.29, 1.82) is 0 Å². The predicted octanol–water partition coefficient (Wildman–Crippen LogP) is 1.55. The third-order valence-corrected chi connectivity index (χ3v) is 1.30. The van der Waals surface area contributed by atoms with Crippen molar-refractivity contribution in [2.75, 3.05) is 0 Å². The summed E-state index contributed by atoms with van der Waals surface area (Å²) in [5.74, 6) is -1.14. The Hall–Kier alpha value is -1.33. The van der Waals surface area contributed by atoms with Crippen LogP contribution in [0.5, 0.6) is 0 Å². The molecule has 1 rings (SSSR count). The first-order valence-corrected chi connectivity index (χ1v) is 3.04. The fourth-order valence-electron chi connectivity index (χ4n) is 0.723. The topological polar surface area (TPSA) is 45.8 Å². The van der Waals surface area contributed by atoms with Gasteiger partial charge in [-0.05, 0) is 6.92 Å². The second kappa shape index (κ2) is 2.62. The van der Waals surface area contributed by atoms with Crippen molar-refractivity contribution in [3.05, 3.63) is 17.2 Å². The van der Waals surface area contributed by atoms with Crippen LogP contribution in [0.2, 0.25) is 0 Å². The van der Waals surface area contributed by atoms with Crippen molar-refractivity contribution < 1.29 is 18.0 Å². The van der Waals surface area contributed by atoms with Gasteiger partial charge in [-0.25, -0.2) is 4.98 Å². The van der Waals surface area contributed by atoms with Gasteiger partial charge in [-0.1, -0.05) is 0 Å². The molecular weight excluding hydrogens is 173 g/mol. The first kappa shape index (κ1) is 8.76. The van der Waals surface area contributed by atoms with E-state index >= 15 is 0 Å². The molecule has 0 saturated heterocycles. The molecule has 0 aliphatic heterocycles. The van der Waals surface area contributed by atoms with Crippen LogP contribution in [-0.4, -0.2) is 16.3 Å². The number of carbonyl (C=O) groups excluding carboxylic acids is 1. The number of imidazole rings is 1. The normalized spacial score (nSPS) is 11.7. The van der Waals surface area contributed by atoms with E-state index in [0.29, 0.717) is 0 Å². The molecule has 0 aromatic carbocycles. The van der Waals surface area contributed by atoms with Gasteiger partial charge in [-0.2, -0.15) is 13.2 Å². The average molecular weight is 178 g/mol. The summed E-state index contributed by atoms with van der Waals surface area (Å²) in [4.78, 5) is 15.1. The fraction of sp³-hybridized carbons (Fsp3) is 0.333. The maximum absolute atomic E-state index is 11.9. The molecule has 0 spiro atoms. The van der Waals surface area contributed by atoms with Gasteiger partial charge in [0, 0.05) is 5.69 Å². The minimum atomic E-state index is -4.52. The lowest BCUT2D eigenvalue weighted by Gasteiger charge is -1.99. The highest BCUT2D eigenvalue weighted by atomic mass is 19.4. The van der Waals surface area contributed by atoms with Crippen LogP contribution in [0.1, 0.15) is 22.0 Å². The Kier molecular flexibility index (Phi) is 1.91. The fourth-order valence-corrected chi connectivity index (χ4v) is 0.723. The molecule has 0 radical (unpaired) electrons. The second-order valence-corrected chi connectivity index (χ2v) is 2.21. The van der Waals surface area contributed by atoms with Crippen LogP contribution in [0.3, 0.4) is 0 Å². The molecule has 66 valence electrons. The lowest BCUT2D eigenvalue weighted by Crippen LogP contribution is -2.07. The van der Waals surface area contributed by atoms with Crippen LogP contribution in [0.25, 0.3) is 0 Å². The van der Waals surface area contributed by atoms with Gasteiger partial charge < -0.3 is 4.98 Å². The Bertz CT molecular complexity index is 302. The Labute approximate surface area is 65.6 Å². The number of aldehydes is 1. The van der Waals surface area contributed by atoms with E-state index in [4.69, 9.17) is 0 Å². The van der Waals surface area contributed by atoms with Crippen LogP contribution in [0, 0.1) is 6.92 Å². The molecule has 3 nitrogen and oxygen atoms in total. The molecule has 0 aliphatic rings. The summed E-state index contributed by atoms with van der Waals surface area (Å²) in [5, 5.41) is 0. The van der Waals surface area contributed by atoms with Crippen molar-refractivity contribution in [1.82, 2.24) is 9.97 Å². The molecule has 0 aliphatic carbocycles. The molecule has 6 heteroatoms. The van der Waals surface area contributed by atoms with Crippen molar-refractivity contribution in [3.63, 3.8) is 0 Å². The summed E-state index contributed by atoms with van der Waals surface area (Å²) in [5.41, 5.74) is -0.0837. The predicted molar refractivity (Wildman–Crippen MR) is 33.7 cm³/mol. The summed E-state index contributed by atoms with van der Waals surface area (Å²) in [6.07, 6.45) is -4.24. The summed E-state index contributed by atoms with van der Waals surface area (Å²) in [6.45, 7) is 1.35. The quantitative estimate of drug-likeness (QED) is 0.663. The number of carbonyl (C=O) groups is 1. The van der Waals surface area contributed by atoms with Gasteiger partial charge in [0.1, 0.15) is 5.69 Å². The number of aryl methyl sites for hydroxylation is 1. The highest BCUT2D eigenvalue weighted by Crippen LogP contribution is 2.26. The molecule has 0 bridgehead atoms. The molecule has 1 aromatic rings. The molecule has 0 atom stereocenters. The molecule has 1 heterocycles. The zero-order chi connectivity index (χ0) is 9.35. The van der Waals surface area contributed by atoms with Gasteiger partial charge >= 0.3 is 6.18 Å². The van der Waals surface area contributed by atoms with Gasteiger partial charge in [-0.3, -0.25) is 4.79 Å². The third kappa shape index (κ3) is 1.46. The highest BCUT2D eigenvalue weighted by molar-refractivity contribution is 5.73. The van der Waals surface area contributed by atoms with Crippen LogP contribution in [-0.2, 0) is 6.18 Å². The van der Waals surface area contributed by atoms with Gasteiger partial charge in [0.25, 0.3) is 0 Å². The van der Waals surface area contributed by atoms with Gasteiger partial charge in [0.15, 0.2) is 6.29 Å². The summed E-state index contributed by atoms with van der Waals surface area (Å²) in [6, 6.07) is 0. The molecule has 0 amide bonds. The zero-order valence-corrected chi connectivity index (χ0v) is 6.07. The van der Waals surface area contributed by atoms with E-state index in [-0.39, 0.29) is 17.7 Å². The first-order chi connectivity index (χ1) is 5.45. The maximum Gasteiger partial charge on any atom is 0.449 e. The Morgan fingerprint density at radius 1 is 1.50 bits per heavy atom. The number of hydrogen-bond acceptors (Lipinski definition) is 2. The number of aromatic nitrogens is 2. The highest BCUT2D eigenvalue weighted by Gasteiger charge is 2.35. The molecule has 0 fully saturated rings. The Morgan fingerprint density at radius 2 is 2.08 bits per heavy atom. The minimum Gasteiger partial charge on any atom is -0.338 e. The van der Waals surface area contributed by atoms with E-state index in [1.807, 2.05) is 4.98 Å². The molecule has 1 aromatic heterocycles. The second-order valence-electron chi connectivity index (χ2n) is 2.21. The van der Waals surface area contributed by atoms with Crippen LogP contribution in [0.15, 0.2) is 0 Å². The molecule has 0 unspecified atom stereocenters. The van der Waals surface area contributed by atoms with E-state index in [2.05, 4.69) is 4.98 Å². The van der Waals surface area contributed by atoms with E-state index in [1.54, 1.807) is 0 Å².